The van der Waals surface area contributed by atoms with Crippen LogP contribution < -0.4 is 0 Å². The summed E-state index contributed by atoms with van der Waals surface area (Å²) in [4.78, 5) is 20.1. The van der Waals surface area contributed by atoms with Crippen LogP contribution in [0.3, 0.4) is 0 Å². The van der Waals surface area contributed by atoms with Crippen LogP contribution in [0, 0.1) is 0 Å². The molecule has 4 nitrogen and oxygen atoms in total. The van der Waals surface area contributed by atoms with Crippen molar-refractivity contribution in [2.24, 2.45) is 0 Å². The zero-order valence-electron chi connectivity index (χ0n) is 33.9. The van der Waals surface area contributed by atoms with Crippen LogP contribution in [0.5, 0.6) is 0 Å². The molecule has 288 valence electrons. The van der Waals surface area contributed by atoms with Crippen molar-refractivity contribution >= 4 is 10.9 Å². The van der Waals surface area contributed by atoms with Crippen molar-refractivity contribution < 1.29 is 0 Å². The van der Waals surface area contributed by atoms with Crippen LogP contribution in [0.25, 0.3) is 101 Å². The summed E-state index contributed by atoms with van der Waals surface area (Å²) < 4.78 is 0. The Balaban J connectivity index is 0.971. The van der Waals surface area contributed by atoms with E-state index in [1.165, 1.54) is 33.4 Å². The molecule has 4 heteroatoms. The van der Waals surface area contributed by atoms with Crippen LogP contribution in [0.15, 0.2) is 206 Å². The van der Waals surface area contributed by atoms with Crippen LogP contribution >= 0.6 is 0 Å². The molecule has 2 heterocycles. The van der Waals surface area contributed by atoms with Crippen LogP contribution in [-0.2, 0) is 5.41 Å². The van der Waals surface area contributed by atoms with Gasteiger partial charge in [-0.2, -0.15) is 0 Å². The van der Waals surface area contributed by atoms with Crippen LogP contribution in [0.2, 0.25) is 0 Å². The van der Waals surface area contributed by atoms with E-state index in [1.807, 2.05) is 60.7 Å². The summed E-state index contributed by atoms with van der Waals surface area (Å²) in [5.41, 5.74) is 18.0. The van der Waals surface area contributed by atoms with E-state index in [9.17, 15) is 0 Å². The number of aromatic nitrogens is 4. The van der Waals surface area contributed by atoms with Gasteiger partial charge in [0.05, 0.1) is 11.2 Å². The molecule has 0 bridgehead atoms. The molecule has 10 aromatic rings. The minimum Gasteiger partial charge on any atom is -0.248 e. The van der Waals surface area contributed by atoms with Crippen LogP contribution in [-0.4, -0.2) is 19.9 Å². The first-order valence-electron chi connectivity index (χ1n) is 20.8. The molecule has 0 amide bonds. The fraction of sp³-hybridized carbons (Fsp3) is 0.0526. The van der Waals surface area contributed by atoms with Gasteiger partial charge in [-0.3, -0.25) is 0 Å². The first-order valence-corrected chi connectivity index (χ1v) is 20.8. The van der Waals surface area contributed by atoms with Crippen LogP contribution in [0.4, 0.5) is 0 Å². The molecule has 0 atom stereocenters. The highest BCUT2D eigenvalue weighted by molar-refractivity contribution is 6.01. The summed E-state index contributed by atoms with van der Waals surface area (Å²) in [6.45, 7) is 4.66. The normalized spacial score (nSPS) is 12.6. The predicted octanol–water partition coefficient (Wildman–Crippen LogP) is 14.4. The summed E-state index contributed by atoms with van der Waals surface area (Å²) >= 11 is 0. The highest BCUT2D eigenvalue weighted by Crippen LogP contribution is 2.50. The van der Waals surface area contributed by atoms with Gasteiger partial charge in [0, 0.05) is 33.1 Å². The molecule has 2 aromatic heterocycles. The Kier molecular flexibility index (Phi) is 8.79. The van der Waals surface area contributed by atoms with Crippen molar-refractivity contribution in [1.82, 2.24) is 19.9 Å². The molecule has 0 aliphatic heterocycles. The van der Waals surface area contributed by atoms with Gasteiger partial charge >= 0.3 is 0 Å². The zero-order valence-corrected chi connectivity index (χ0v) is 33.9. The Morgan fingerprint density at radius 1 is 0.295 bits per heavy atom. The Labute approximate surface area is 356 Å². The van der Waals surface area contributed by atoms with E-state index in [0.29, 0.717) is 17.5 Å². The molecule has 1 aliphatic rings. The zero-order chi connectivity index (χ0) is 40.9. The summed E-state index contributed by atoms with van der Waals surface area (Å²) in [5.74, 6) is 1.94. The Bertz CT molecular complexity index is 3160. The molecule has 11 rings (SSSR count). The van der Waals surface area contributed by atoms with Crippen molar-refractivity contribution in [3.05, 3.63) is 217 Å². The second kappa shape index (κ2) is 14.8. The van der Waals surface area contributed by atoms with Gasteiger partial charge in [0.15, 0.2) is 17.5 Å². The van der Waals surface area contributed by atoms with Gasteiger partial charge in [-0.15, -0.1) is 0 Å². The maximum Gasteiger partial charge on any atom is 0.164 e. The van der Waals surface area contributed by atoms with Crippen molar-refractivity contribution in [2.75, 3.05) is 0 Å². The van der Waals surface area contributed by atoms with E-state index in [-0.39, 0.29) is 5.41 Å². The Morgan fingerprint density at radius 3 is 1.25 bits per heavy atom. The molecule has 8 aromatic carbocycles. The molecule has 0 fully saturated rings. The number of fused-ring (bicyclic) bond motifs is 4. The van der Waals surface area contributed by atoms with E-state index in [1.54, 1.807) is 0 Å². The van der Waals surface area contributed by atoms with Crippen molar-refractivity contribution in [1.29, 1.82) is 0 Å². The van der Waals surface area contributed by atoms with Gasteiger partial charge in [-0.05, 0) is 73.8 Å². The van der Waals surface area contributed by atoms with E-state index in [4.69, 9.17) is 19.9 Å². The van der Waals surface area contributed by atoms with Crippen molar-refractivity contribution in [2.45, 2.75) is 19.3 Å². The number of hydrogen-bond acceptors (Lipinski definition) is 4. The number of hydrogen-bond donors (Lipinski definition) is 0. The topological polar surface area (TPSA) is 51.6 Å². The first kappa shape index (κ1) is 36.3. The van der Waals surface area contributed by atoms with E-state index in [0.717, 1.165) is 61.1 Å². The van der Waals surface area contributed by atoms with E-state index in [2.05, 4.69) is 159 Å². The maximum absolute atomic E-state index is 5.37. The molecular formula is C57H40N4. The molecule has 1 aliphatic carbocycles. The van der Waals surface area contributed by atoms with Crippen molar-refractivity contribution in [3.63, 3.8) is 0 Å². The monoisotopic (exact) mass is 780 g/mol. The van der Waals surface area contributed by atoms with Crippen LogP contribution in [0.1, 0.15) is 25.0 Å². The quantitative estimate of drug-likeness (QED) is 0.162. The summed E-state index contributed by atoms with van der Waals surface area (Å²) in [6.07, 6.45) is 0. The summed E-state index contributed by atoms with van der Waals surface area (Å²) in [7, 11) is 0. The fourth-order valence-corrected chi connectivity index (χ4v) is 8.86. The number of rotatable bonds is 7. The highest BCUT2D eigenvalue weighted by Gasteiger charge is 2.35. The third kappa shape index (κ3) is 6.59. The first-order chi connectivity index (χ1) is 30.0. The molecule has 0 spiro atoms. The molecular weight excluding hydrogens is 741 g/mol. The molecule has 0 N–H and O–H groups in total. The van der Waals surface area contributed by atoms with Gasteiger partial charge < -0.3 is 0 Å². The lowest BCUT2D eigenvalue weighted by Crippen LogP contribution is -2.14. The van der Waals surface area contributed by atoms with Gasteiger partial charge in [0.1, 0.15) is 0 Å². The smallest absolute Gasteiger partial charge is 0.164 e. The molecule has 0 saturated heterocycles. The number of benzene rings is 8. The molecule has 0 saturated carbocycles. The second-order valence-corrected chi connectivity index (χ2v) is 16.3. The minimum absolute atomic E-state index is 0.121. The maximum atomic E-state index is 5.37. The molecule has 0 unspecified atom stereocenters. The lowest BCUT2D eigenvalue weighted by atomic mass is 9.82. The fourth-order valence-electron chi connectivity index (χ4n) is 8.86. The summed E-state index contributed by atoms with van der Waals surface area (Å²) in [6, 6.07) is 72.7. The lowest BCUT2D eigenvalue weighted by Gasteiger charge is -2.22. The lowest BCUT2D eigenvalue weighted by molar-refractivity contribution is 0.661. The third-order valence-corrected chi connectivity index (χ3v) is 12.2. The average molecular weight is 781 g/mol. The van der Waals surface area contributed by atoms with Gasteiger partial charge in [0.25, 0.3) is 0 Å². The van der Waals surface area contributed by atoms with Crippen molar-refractivity contribution in [3.8, 4) is 89.9 Å². The van der Waals surface area contributed by atoms with Gasteiger partial charge in [0.2, 0.25) is 0 Å². The average Bonchev–Trinajstić information content (AvgIpc) is 3.56. The molecule has 0 radical (unpaired) electrons. The Morgan fingerprint density at radius 2 is 0.705 bits per heavy atom. The van der Waals surface area contributed by atoms with Gasteiger partial charge in [-0.1, -0.05) is 202 Å². The second-order valence-electron chi connectivity index (χ2n) is 16.3. The Hall–Kier alpha value is -7.82. The predicted molar refractivity (Wildman–Crippen MR) is 251 cm³/mol. The van der Waals surface area contributed by atoms with Gasteiger partial charge in [-0.25, -0.2) is 19.9 Å². The summed E-state index contributed by atoms with van der Waals surface area (Å²) in [5, 5.41) is 1.15. The van der Waals surface area contributed by atoms with E-state index >= 15 is 0 Å². The SMILES string of the molecule is CC1(C)c2ccccc2-c2cc3c(-c4ccc(-c5ccc(-c6nc(-c7ccccc7)nc(-c7ccccc7)n6)cc5)cc4)cc(-c4ccc(-c5ccccc5)cc4)nc3cc21. The highest BCUT2D eigenvalue weighted by atomic mass is 15.0. The molecule has 61 heavy (non-hydrogen) atoms. The number of pyridine rings is 1. The van der Waals surface area contributed by atoms with E-state index < -0.39 is 0 Å². The third-order valence-electron chi connectivity index (χ3n) is 12.2. The minimum atomic E-state index is -0.121. The standard InChI is InChI=1S/C57H40N4/c1-57(2)50-21-13-12-20-46(50)48-34-49-47(35-52(58-53(49)36-51(48)57)42-30-24-38(25-31-42)37-14-6-3-7-15-37)41-28-22-39(23-29-41)40-26-32-45(33-27-40)56-60-54(43-16-8-4-9-17-43)59-55(61-56)44-18-10-5-11-19-44/h3-36H,1-2H3. The largest absolute Gasteiger partial charge is 0.248 e. The number of nitrogens with zero attached hydrogens (tertiary/aromatic N) is 4.